The lowest BCUT2D eigenvalue weighted by molar-refractivity contribution is 0.0949. The summed E-state index contributed by atoms with van der Waals surface area (Å²) in [5, 5.41) is 2.11. The predicted molar refractivity (Wildman–Crippen MR) is 66.6 cm³/mol. The van der Waals surface area contributed by atoms with Crippen LogP contribution in [-0.2, 0) is 10.8 Å². The Bertz CT molecular complexity index is 494. The van der Waals surface area contributed by atoms with Crippen LogP contribution in [0.4, 0.5) is 14.5 Å². The molecule has 0 aliphatic carbocycles. The highest BCUT2D eigenvalue weighted by Gasteiger charge is 2.17. The molecular formula is C11H14F2N2O2S. The van der Waals surface area contributed by atoms with Crippen molar-refractivity contribution >= 4 is 22.4 Å². The van der Waals surface area contributed by atoms with Crippen LogP contribution < -0.4 is 11.1 Å². The molecule has 1 rings (SSSR count). The molecule has 4 nitrogen and oxygen atoms in total. The van der Waals surface area contributed by atoms with Crippen LogP contribution in [0.15, 0.2) is 12.1 Å². The van der Waals surface area contributed by atoms with E-state index in [1.165, 1.54) is 6.26 Å². The zero-order valence-corrected chi connectivity index (χ0v) is 10.8. The number of nitrogens with two attached hydrogens (primary N) is 1. The average molecular weight is 276 g/mol. The van der Waals surface area contributed by atoms with Gasteiger partial charge in [0.15, 0.2) is 5.82 Å². The lowest BCUT2D eigenvalue weighted by Gasteiger charge is -2.11. The SMILES string of the molecule is CC(CNC(=O)c1cc(F)cc(N)c1F)S(C)=O. The maximum Gasteiger partial charge on any atom is 0.254 e. The van der Waals surface area contributed by atoms with Crippen molar-refractivity contribution in [3.8, 4) is 0 Å². The van der Waals surface area contributed by atoms with Crippen molar-refractivity contribution in [1.82, 2.24) is 5.32 Å². The van der Waals surface area contributed by atoms with Crippen molar-refractivity contribution in [2.75, 3.05) is 18.5 Å². The standard InChI is InChI=1S/C11H14F2N2O2S/c1-6(18(2)17)5-15-11(16)8-3-7(12)4-9(14)10(8)13/h3-4,6H,5,14H2,1-2H3,(H,15,16). The zero-order chi connectivity index (χ0) is 13.9. The fraction of sp³-hybridized carbons (Fsp3) is 0.364. The van der Waals surface area contributed by atoms with Crippen molar-refractivity contribution in [2.45, 2.75) is 12.2 Å². The lowest BCUT2D eigenvalue weighted by Crippen LogP contribution is -2.33. The number of nitrogen functional groups attached to an aromatic ring is 1. The third-order valence-corrected chi connectivity index (χ3v) is 3.73. The van der Waals surface area contributed by atoms with Gasteiger partial charge in [0.1, 0.15) is 5.82 Å². The summed E-state index contributed by atoms with van der Waals surface area (Å²) in [6.45, 7) is 1.78. The first-order valence-corrected chi connectivity index (χ1v) is 6.80. The minimum absolute atomic E-state index is 0.109. The summed E-state index contributed by atoms with van der Waals surface area (Å²) in [6, 6.07) is 1.57. The molecule has 100 valence electrons. The third kappa shape index (κ3) is 3.49. The Balaban J connectivity index is 2.82. The second-order valence-electron chi connectivity index (χ2n) is 3.88. The molecule has 0 saturated carbocycles. The number of carbonyl (C=O) groups excluding carboxylic acids is 1. The van der Waals surface area contributed by atoms with E-state index in [-0.39, 0.29) is 11.8 Å². The van der Waals surface area contributed by atoms with E-state index in [0.717, 1.165) is 12.1 Å². The fourth-order valence-corrected chi connectivity index (χ4v) is 1.54. The molecule has 1 aromatic rings. The lowest BCUT2D eigenvalue weighted by atomic mass is 10.1. The van der Waals surface area contributed by atoms with E-state index in [2.05, 4.69) is 5.32 Å². The minimum Gasteiger partial charge on any atom is -0.396 e. The number of amides is 1. The number of nitrogens with one attached hydrogen (secondary N) is 1. The van der Waals surface area contributed by atoms with Gasteiger partial charge in [0.25, 0.3) is 5.91 Å². The molecule has 0 spiro atoms. The van der Waals surface area contributed by atoms with Gasteiger partial charge in [0, 0.05) is 28.9 Å². The second kappa shape index (κ2) is 5.90. The molecule has 2 atom stereocenters. The van der Waals surface area contributed by atoms with Crippen molar-refractivity contribution in [3.63, 3.8) is 0 Å². The van der Waals surface area contributed by atoms with Gasteiger partial charge >= 0.3 is 0 Å². The van der Waals surface area contributed by atoms with Gasteiger partial charge in [-0.1, -0.05) is 0 Å². The molecule has 18 heavy (non-hydrogen) atoms. The van der Waals surface area contributed by atoms with E-state index >= 15 is 0 Å². The predicted octanol–water partition coefficient (Wildman–Crippen LogP) is 1.04. The molecule has 0 heterocycles. The van der Waals surface area contributed by atoms with Crippen molar-refractivity contribution in [3.05, 3.63) is 29.3 Å². The van der Waals surface area contributed by atoms with E-state index in [1.54, 1.807) is 6.92 Å². The molecule has 0 bridgehead atoms. The van der Waals surface area contributed by atoms with Gasteiger partial charge in [0.2, 0.25) is 0 Å². The minimum atomic E-state index is -1.10. The average Bonchev–Trinajstić information content (AvgIpc) is 2.29. The Labute approximate surface area is 106 Å². The van der Waals surface area contributed by atoms with Gasteiger partial charge in [0.05, 0.1) is 11.3 Å². The van der Waals surface area contributed by atoms with Crippen LogP contribution >= 0.6 is 0 Å². The van der Waals surface area contributed by atoms with Crippen LogP contribution in [0, 0.1) is 11.6 Å². The first-order chi connectivity index (χ1) is 8.32. The molecule has 7 heteroatoms. The Morgan fingerprint density at radius 1 is 1.50 bits per heavy atom. The summed E-state index contributed by atoms with van der Waals surface area (Å²) in [6.07, 6.45) is 1.50. The number of carbonyl (C=O) groups is 1. The van der Waals surface area contributed by atoms with E-state index < -0.39 is 39.6 Å². The molecule has 1 amide bonds. The monoisotopic (exact) mass is 276 g/mol. The summed E-state index contributed by atoms with van der Waals surface area (Å²) in [5.41, 5.74) is 4.34. The molecule has 0 aromatic heterocycles. The van der Waals surface area contributed by atoms with E-state index in [1.807, 2.05) is 0 Å². The summed E-state index contributed by atoms with van der Waals surface area (Å²) in [7, 11) is -1.10. The molecule has 0 aliphatic heterocycles. The first kappa shape index (κ1) is 14.6. The van der Waals surface area contributed by atoms with Crippen molar-refractivity contribution in [1.29, 1.82) is 0 Å². The molecule has 1 aromatic carbocycles. The van der Waals surface area contributed by atoms with Gasteiger partial charge in [-0.2, -0.15) is 0 Å². The van der Waals surface area contributed by atoms with Gasteiger partial charge in [-0.05, 0) is 19.1 Å². The summed E-state index contributed by atoms with van der Waals surface area (Å²) in [5.74, 6) is -2.53. The highest BCUT2D eigenvalue weighted by Crippen LogP contribution is 2.17. The number of rotatable bonds is 4. The smallest absolute Gasteiger partial charge is 0.254 e. The maximum atomic E-state index is 13.5. The number of hydrogen-bond donors (Lipinski definition) is 2. The quantitative estimate of drug-likeness (QED) is 0.807. The Morgan fingerprint density at radius 3 is 2.67 bits per heavy atom. The van der Waals surface area contributed by atoms with E-state index in [9.17, 15) is 17.8 Å². The molecule has 0 aliphatic rings. The van der Waals surface area contributed by atoms with E-state index in [0.29, 0.717) is 0 Å². The number of anilines is 1. The van der Waals surface area contributed by atoms with Gasteiger partial charge in [-0.3, -0.25) is 9.00 Å². The molecule has 0 fully saturated rings. The number of halogens is 2. The highest BCUT2D eigenvalue weighted by molar-refractivity contribution is 7.84. The van der Waals surface area contributed by atoms with Crippen LogP contribution in [0.3, 0.4) is 0 Å². The molecular weight excluding hydrogens is 262 g/mol. The van der Waals surface area contributed by atoms with Crippen LogP contribution in [0.5, 0.6) is 0 Å². The Hall–Kier alpha value is -1.50. The van der Waals surface area contributed by atoms with Crippen molar-refractivity contribution < 1.29 is 17.8 Å². The largest absolute Gasteiger partial charge is 0.396 e. The van der Waals surface area contributed by atoms with Gasteiger partial charge in [-0.25, -0.2) is 8.78 Å². The normalized spacial score (nSPS) is 14.0. The maximum absolute atomic E-state index is 13.5. The van der Waals surface area contributed by atoms with Gasteiger partial charge in [-0.15, -0.1) is 0 Å². The Kier molecular flexibility index (Phi) is 4.77. The van der Waals surface area contributed by atoms with Gasteiger partial charge < -0.3 is 11.1 Å². The van der Waals surface area contributed by atoms with Crippen molar-refractivity contribution in [2.24, 2.45) is 0 Å². The highest BCUT2D eigenvalue weighted by atomic mass is 32.2. The Morgan fingerprint density at radius 2 is 2.11 bits per heavy atom. The molecule has 2 unspecified atom stereocenters. The molecule has 3 N–H and O–H groups in total. The first-order valence-electron chi connectivity index (χ1n) is 5.18. The summed E-state index contributed by atoms with van der Waals surface area (Å²) < 4.78 is 37.6. The van der Waals surface area contributed by atoms with Crippen LogP contribution in [0.25, 0.3) is 0 Å². The van der Waals surface area contributed by atoms with Crippen LogP contribution in [-0.4, -0.2) is 28.2 Å². The third-order valence-electron chi connectivity index (χ3n) is 2.43. The zero-order valence-electron chi connectivity index (χ0n) is 10.00. The van der Waals surface area contributed by atoms with Crippen LogP contribution in [0.2, 0.25) is 0 Å². The van der Waals surface area contributed by atoms with Crippen LogP contribution in [0.1, 0.15) is 17.3 Å². The summed E-state index contributed by atoms with van der Waals surface area (Å²) >= 11 is 0. The molecule has 0 saturated heterocycles. The van der Waals surface area contributed by atoms with E-state index in [4.69, 9.17) is 5.73 Å². The topological polar surface area (TPSA) is 72.2 Å². The number of benzene rings is 1. The second-order valence-corrected chi connectivity index (χ2v) is 5.68. The molecule has 0 radical (unpaired) electrons. The number of hydrogen-bond acceptors (Lipinski definition) is 3. The fourth-order valence-electron chi connectivity index (χ4n) is 1.22. The summed E-state index contributed by atoms with van der Waals surface area (Å²) in [4.78, 5) is 11.6.